The summed E-state index contributed by atoms with van der Waals surface area (Å²) in [4.78, 5) is 22.8. The average molecular weight is 466 g/mol. The van der Waals surface area contributed by atoms with Crippen molar-refractivity contribution >= 4 is 5.91 Å². The molecule has 6 heteroatoms. The molecule has 1 aliphatic carbocycles. The molecule has 34 heavy (non-hydrogen) atoms. The summed E-state index contributed by atoms with van der Waals surface area (Å²) in [5.74, 6) is 2.02. The minimum atomic E-state index is 0.137. The molecular weight excluding hydrogens is 426 g/mol. The molecule has 6 nitrogen and oxygen atoms in total. The third-order valence-corrected chi connectivity index (χ3v) is 7.59. The fraction of sp³-hybridized carbons (Fsp3) is 0.571. The van der Waals surface area contributed by atoms with Crippen LogP contribution in [0.25, 0.3) is 0 Å². The molecule has 2 heterocycles. The molecule has 0 bridgehead atoms. The molecular formula is C28H39N3O3. The van der Waals surface area contributed by atoms with Crippen molar-refractivity contribution in [2.24, 2.45) is 0 Å². The molecule has 2 aliphatic rings. The van der Waals surface area contributed by atoms with Crippen molar-refractivity contribution in [3.8, 4) is 11.5 Å². The number of benzene rings is 1. The van der Waals surface area contributed by atoms with E-state index in [4.69, 9.17) is 14.5 Å². The van der Waals surface area contributed by atoms with Gasteiger partial charge in [0.25, 0.3) is 5.91 Å². The Bertz CT molecular complexity index is 979. The second-order valence-corrected chi connectivity index (χ2v) is 9.80. The maximum Gasteiger partial charge on any atom is 0.255 e. The maximum absolute atomic E-state index is 13.5. The SMILES string of the molecule is COc1cccc(CN2CCC(c3nc(C)ccc3C(=O)N(C)C3CCCCC3)CC2)c1OC. The van der Waals surface area contributed by atoms with Crippen molar-refractivity contribution < 1.29 is 14.3 Å². The van der Waals surface area contributed by atoms with E-state index >= 15 is 0 Å². The third-order valence-electron chi connectivity index (χ3n) is 7.59. The molecule has 1 aromatic carbocycles. The lowest BCUT2D eigenvalue weighted by Gasteiger charge is -2.34. The van der Waals surface area contributed by atoms with Crippen LogP contribution in [0.3, 0.4) is 0 Å². The Morgan fingerprint density at radius 1 is 1.03 bits per heavy atom. The van der Waals surface area contributed by atoms with Gasteiger partial charge in [0.1, 0.15) is 0 Å². The summed E-state index contributed by atoms with van der Waals surface area (Å²) in [5, 5.41) is 0. The molecule has 2 fully saturated rings. The van der Waals surface area contributed by atoms with Crippen molar-refractivity contribution in [1.29, 1.82) is 0 Å². The lowest BCUT2D eigenvalue weighted by molar-refractivity contribution is 0.0693. The number of carbonyl (C=O) groups excluding carboxylic acids is 1. The molecule has 1 aliphatic heterocycles. The predicted octanol–water partition coefficient (Wildman–Crippen LogP) is 5.19. The van der Waals surface area contributed by atoms with E-state index in [1.807, 2.05) is 43.1 Å². The molecule has 1 aromatic heterocycles. The Hall–Kier alpha value is -2.60. The lowest BCUT2D eigenvalue weighted by atomic mass is 9.89. The summed E-state index contributed by atoms with van der Waals surface area (Å²) in [7, 11) is 5.35. The summed E-state index contributed by atoms with van der Waals surface area (Å²) >= 11 is 0. The number of aromatic nitrogens is 1. The summed E-state index contributed by atoms with van der Waals surface area (Å²) in [6.07, 6.45) is 7.95. The number of pyridine rings is 1. The van der Waals surface area contributed by atoms with Gasteiger partial charge in [-0.3, -0.25) is 14.7 Å². The number of methoxy groups -OCH3 is 2. The fourth-order valence-corrected chi connectivity index (χ4v) is 5.58. The van der Waals surface area contributed by atoms with Gasteiger partial charge < -0.3 is 14.4 Å². The van der Waals surface area contributed by atoms with Gasteiger partial charge in [0.2, 0.25) is 0 Å². The highest BCUT2D eigenvalue weighted by atomic mass is 16.5. The Kier molecular flexibility index (Phi) is 8.09. The Morgan fingerprint density at radius 3 is 2.44 bits per heavy atom. The van der Waals surface area contributed by atoms with Gasteiger partial charge in [-0.15, -0.1) is 0 Å². The van der Waals surface area contributed by atoms with Crippen molar-refractivity contribution in [2.75, 3.05) is 34.4 Å². The van der Waals surface area contributed by atoms with Gasteiger partial charge in [-0.25, -0.2) is 0 Å². The topological polar surface area (TPSA) is 54.9 Å². The smallest absolute Gasteiger partial charge is 0.255 e. The van der Waals surface area contributed by atoms with Crippen LogP contribution in [0.1, 0.15) is 78.2 Å². The van der Waals surface area contributed by atoms with E-state index in [0.29, 0.717) is 12.0 Å². The lowest BCUT2D eigenvalue weighted by Crippen LogP contribution is -2.39. The van der Waals surface area contributed by atoms with E-state index in [1.165, 1.54) is 19.3 Å². The van der Waals surface area contributed by atoms with Crippen molar-refractivity contribution in [3.63, 3.8) is 0 Å². The maximum atomic E-state index is 13.5. The van der Waals surface area contributed by atoms with Crippen LogP contribution >= 0.6 is 0 Å². The number of piperidine rings is 1. The number of ether oxygens (including phenoxy) is 2. The van der Waals surface area contributed by atoms with E-state index in [0.717, 1.165) is 79.3 Å². The van der Waals surface area contributed by atoms with Gasteiger partial charge in [0.05, 0.1) is 25.5 Å². The number of amides is 1. The van der Waals surface area contributed by atoms with Crippen molar-refractivity contribution in [2.45, 2.75) is 70.4 Å². The van der Waals surface area contributed by atoms with Crippen LogP contribution in [-0.4, -0.2) is 61.1 Å². The van der Waals surface area contributed by atoms with Gasteiger partial charge in [0.15, 0.2) is 11.5 Å². The molecule has 1 amide bonds. The van der Waals surface area contributed by atoms with Crippen molar-refractivity contribution in [1.82, 2.24) is 14.8 Å². The quantitative estimate of drug-likeness (QED) is 0.563. The zero-order valence-corrected chi connectivity index (χ0v) is 21.2. The fourth-order valence-electron chi connectivity index (χ4n) is 5.58. The Labute approximate surface area is 204 Å². The van der Waals surface area contributed by atoms with Crippen LogP contribution < -0.4 is 9.47 Å². The van der Waals surface area contributed by atoms with E-state index in [1.54, 1.807) is 14.2 Å². The first-order valence-corrected chi connectivity index (χ1v) is 12.7. The van der Waals surface area contributed by atoms with Gasteiger partial charge in [0, 0.05) is 36.8 Å². The van der Waals surface area contributed by atoms with Gasteiger partial charge in [-0.2, -0.15) is 0 Å². The highest BCUT2D eigenvalue weighted by Gasteiger charge is 2.30. The zero-order chi connectivity index (χ0) is 24.1. The van der Waals surface area contributed by atoms with Crippen molar-refractivity contribution in [3.05, 3.63) is 52.8 Å². The summed E-state index contributed by atoms with van der Waals surface area (Å²) in [5.41, 5.74) is 3.91. The van der Waals surface area contributed by atoms with E-state index in [-0.39, 0.29) is 5.91 Å². The highest BCUT2D eigenvalue weighted by Crippen LogP contribution is 2.35. The molecule has 0 atom stereocenters. The van der Waals surface area contributed by atoms with E-state index in [9.17, 15) is 4.79 Å². The number of nitrogens with zero attached hydrogens (tertiary/aromatic N) is 3. The Morgan fingerprint density at radius 2 is 1.76 bits per heavy atom. The van der Waals surface area contributed by atoms with E-state index in [2.05, 4.69) is 11.0 Å². The second kappa shape index (κ2) is 11.2. The summed E-state index contributed by atoms with van der Waals surface area (Å²) in [6.45, 7) is 4.77. The molecule has 2 aromatic rings. The largest absolute Gasteiger partial charge is 0.493 e. The first-order valence-electron chi connectivity index (χ1n) is 12.7. The number of carbonyl (C=O) groups is 1. The molecule has 0 spiro atoms. The number of hydrogen-bond donors (Lipinski definition) is 0. The van der Waals surface area contributed by atoms with Crippen LogP contribution in [0.5, 0.6) is 11.5 Å². The predicted molar refractivity (Wildman–Crippen MR) is 135 cm³/mol. The molecule has 0 radical (unpaired) electrons. The first-order chi connectivity index (χ1) is 16.5. The minimum absolute atomic E-state index is 0.137. The van der Waals surface area contributed by atoms with Crippen LogP contribution in [0.4, 0.5) is 0 Å². The van der Waals surface area contributed by atoms with E-state index < -0.39 is 0 Å². The zero-order valence-electron chi connectivity index (χ0n) is 21.2. The molecule has 1 saturated carbocycles. The van der Waals surface area contributed by atoms with Crippen LogP contribution in [0.15, 0.2) is 30.3 Å². The Balaban J connectivity index is 1.45. The van der Waals surface area contributed by atoms with Crippen LogP contribution in [-0.2, 0) is 6.54 Å². The number of likely N-dealkylation sites (tertiary alicyclic amines) is 1. The highest BCUT2D eigenvalue weighted by molar-refractivity contribution is 5.95. The molecule has 4 rings (SSSR count). The number of hydrogen-bond acceptors (Lipinski definition) is 5. The second-order valence-electron chi connectivity index (χ2n) is 9.80. The summed E-state index contributed by atoms with van der Waals surface area (Å²) in [6, 6.07) is 10.4. The van der Waals surface area contributed by atoms with Gasteiger partial charge in [-0.05, 0) is 63.9 Å². The van der Waals surface area contributed by atoms with Gasteiger partial charge in [-0.1, -0.05) is 31.4 Å². The number of para-hydroxylation sites is 1. The van der Waals surface area contributed by atoms with Gasteiger partial charge >= 0.3 is 0 Å². The molecule has 184 valence electrons. The average Bonchev–Trinajstić information content (AvgIpc) is 2.88. The number of aryl methyl sites for hydroxylation is 1. The monoisotopic (exact) mass is 465 g/mol. The third kappa shape index (κ3) is 5.38. The first kappa shape index (κ1) is 24.5. The molecule has 0 unspecified atom stereocenters. The minimum Gasteiger partial charge on any atom is -0.493 e. The van der Waals surface area contributed by atoms with Crippen LogP contribution in [0, 0.1) is 6.92 Å². The standard InChI is InChI=1S/C28H39N3O3/c1-20-13-14-24(28(32)30(2)23-10-6-5-7-11-23)26(29-20)21-15-17-31(18-16-21)19-22-9-8-12-25(33-3)27(22)34-4/h8-9,12-14,21,23H,5-7,10-11,15-19H2,1-4H3. The molecule has 0 N–H and O–H groups in total. The number of rotatable bonds is 7. The summed E-state index contributed by atoms with van der Waals surface area (Å²) < 4.78 is 11.1. The molecule has 1 saturated heterocycles. The van der Waals surface area contributed by atoms with Crippen LogP contribution in [0.2, 0.25) is 0 Å². The normalized spacial score (nSPS) is 18.0.